The Kier molecular flexibility index (Phi) is 3.97. The minimum atomic E-state index is -0.798. The molecular weight excluding hydrogens is 270 g/mol. The normalized spacial score (nSPS) is 18.5. The van der Waals surface area contributed by atoms with Gasteiger partial charge in [0.1, 0.15) is 0 Å². The minimum Gasteiger partial charge on any atom is -0.316 e. The van der Waals surface area contributed by atoms with Crippen molar-refractivity contribution < 1.29 is 8.78 Å². The van der Waals surface area contributed by atoms with Gasteiger partial charge in [0.15, 0.2) is 11.6 Å². The van der Waals surface area contributed by atoms with Crippen LogP contribution in [0.15, 0.2) is 36.5 Å². The first-order valence-electron chi connectivity index (χ1n) is 7.24. The maximum atomic E-state index is 13.3. The summed E-state index contributed by atoms with van der Waals surface area (Å²) in [6, 6.07) is 8.38. The van der Waals surface area contributed by atoms with E-state index in [1.165, 1.54) is 17.7 Å². The summed E-state index contributed by atoms with van der Waals surface area (Å²) in [4.78, 5) is 4.51. The van der Waals surface area contributed by atoms with Crippen molar-refractivity contribution in [2.24, 2.45) is 0 Å². The number of aryl methyl sites for hydroxylation is 1. The Bertz CT molecular complexity index is 642. The zero-order chi connectivity index (χ0) is 14.8. The average Bonchev–Trinajstić information content (AvgIpc) is 2.92. The highest BCUT2D eigenvalue weighted by Crippen LogP contribution is 2.34. The van der Waals surface area contributed by atoms with Crippen molar-refractivity contribution >= 4 is 0 Å². The van der Waals surface area contributed by atoms with Gasteiger partial charge >= 0.3 is 0 Å². The summed E-state index contributed by atoms with van der Waals surface area (Å²) in [5.74, 6) is -1.26. The van der Waals surface area contributed by atoms with Crippen LogP contribution in [0.4, 0.5) is 8.78 Å². The molecule has 1 aliphatic carbocycles. The van der Waals surface area contributed by atoms with E-state index in [9.17, 15) is 8.78 Å². The predicted molar refractivity (Wildman–Crippen MR) is 78.2 cm³/mol. The van der Waals surface area contributed by atoms with Gasteiger partial charge in [0.05, 0.1) is 0 Å². The second-order valence-electron chi connectivity index (χ2n) is 5.54. The molecular formula is C17H18F2N2. The number of nitrogens with one attached hydrogen (secondary N) is 1. The highest BCUT2D eigenvalue weighted by molar-refractivity contribution is 5.31. The number of benzene rings is 1. The molecule has 110 valence electrons. The third kappa shape index (κ3) is 2.81. The fourth-order valence-electron chi connectivity index (χ4n) is 3.20. The molecule has 0 amide bonds. The number of rotatable bonds is 4. The van der Waals surface area contributed by atoms with Crippen LogP contribution in [-0.2, 0) is 12.8 Å². The van der Waals surface area contributed by atoms with Crippen LogP contribution in [0.25, 0.3) is 0 Å². The summed E-state index contributed by atoms with van der Waals surface area (Å²) in [5.41, 5.74) is 3.24. The van der Waals surface area contributed by atoms with E-state index in [1.54, 1.807) is 6.07 Å². The van der Waals surface area contributed by atoms with E-state index in [-0.39, 0.29) is 6.04 Å². The van der Waals surface area contributed by atoms with Gasteiger partial charge in [0.25, 0.3) is 0 Å². The van der Waals surface area contributed by atoms with Crippen LogP contribution in [0.1, 0.15) is 29.2 Å². The quantitative estimate of drug-likeness (QED) is 0.934. The second-order valence-corrected chi connectivity index (χ2v) is 5.54. The first kappa shape index (κ1) is 14.1. The topological polar surface area (TPSA) is 24.9 Å². The lowest BCUT2D eigenvalue weighted by Crippen LogP contribution is -2.33. The number of halogens is 2. The largest absolute Gasteiger partial charge is 0.316 e. The van der Waals surface area contributed by atoms with Crippen molar-refractivity contribution in [3.63, 3.8) is 0 Å². The molecule has 1 aliphatic rings. The summed E-state index contributed by atoms with van der Waals surface area (Å²) in [6.45, 7) is 0. The van der Waals surface area contributed by atoms with Crippen LogP contribution in [0, 0.1) is 11.6 Å². The first-order chi connectivity index (χ1) is 10.2. The number of hydrogen-bond donors (Lipinski definition) is 1. The van der Waals surface area contributed by atoms with Gasteiger partial charge in [-0.25, -0.2) is 8.78 Å². The fourth-order valence-corrected chi connectivity index (χ4v) is 3.20. The summed E-state index contributed by atoms with van der Waals surface area (Å²) in [6.07, 6.45) is 4.56. The first-order valence-corrected chi connectivity index (χ1v) is 7.24. The van der Waals surface area contributed by atoms with Crippen LogP contribution in [0.2, 0.25) is 0 Å². The molecule has 3 rings (SSSR count). The van der Waals surface area contributed by atoms with E-state index in [2.05, 4.69) is 16.4 Å². The number of pyridine rings is 1. The Morgan fingerprint density at radius 1 is 1.29 bits per heavy atom. The zero-order valence-electron chi connectivity index (χ0n) is 11.9. The van der Waals surface area contributed by atoms with Gasteiger partial charge in [-0.2, -0.15) is 0 Å². The maximum Gasteiger partial charge on any atom is 0.159 e. The minimum absolute atomic E-state index is 0.172. The molecule has 1 N–H and O–H groups in total. The van der Waals surface area contributed by atoms with Gasteiger partial charge in [0, 0.05) is 23.9 Å². The third-order valence-electron chi connectivity index (χ3n) is 4.30. The molecule has 2 unspecified atom stereocenters. The molecule has 2 atom stereocenters. The molecule has 1 aromatic carbocycles. The Labute approximate surface area is 123 Å². The molecule has 0 spiro atoms. The SMILES string of the molecule is CNC(Cc1ccc(F)c(F)c1)C1CCc2cccnc21. The molecule has 4 heteroatoms. The summed E-state index contributed by atoms with van der Waals surface area (Å²) in [7, 11) is 1.91. The monoisotopic (exact) mass is 288 g/mol. The zero-order valence-corrected chi connectivity index (χ0v) is 11.9. The molecule has 2 nitrogen and oxygen atoms in total. The van der Waals surface area contributed by atoms with Gasteiger partial charge in [-0.15, -0.1) is 0 Å². The molecule has 0 fully saturated rings. The van der Waals surface area contributed by atoms with E-state index in [4.69, 9.17) is 0 Å². The molecule has 0 saturated heterocycles. The van der Waals surface area contributed by atoms with Gasteiger partial charge < -0.3 is 5.32 Å². The Morgan fingerprint density at radius 2 is 2.14 bits per heavy atom. The molecule has 0 aliphatic heterocycles. The van der Waals surface area contributed by atoms with E-state index < -0.39 is 11.6 Å². The number of hydrogen-bond acceptors (Lipinski definition) is 2. The van der Waals surface area contributed by atoms with Crippen LogP contribution < -0.4 is 5.32 Å². The van der Waals surface area contributed by atoms with Crippen molar-refractivity contribution in [3.05, 3.63) is 65.0 Å². The van der Waals surface area contributed by atoms with Gasteiger partial charge in [-0.1, -0.05) is 12.1 Å². The Balaban J connectivity index is 1.81. The van der Waals surface area contributed by atoms with Gasteiger partial charge in [0.2, 0.25) is 0 Å². The lowest BCUT2D eigenvalue weighted by molar-refractivity contribution is 0.447. The van der Waals surface area contributed by atoms with Crippen LogP contribution >= 0.6 is 0 Å². The Morgan fingerprint density at radius 3 is 2.90 bits per heavy atom. The number of nitrogens with zero attached hydrogens (tertiary/aromatic N) is 1. The van der Waals surface area contributed by atoms with Crippen molar-refractivity contribution in [2.75, 3.05) is 7.05 Å². The Hall–Kier alpha value is -1.81. The standard InChI is InChI=1S/C17H18F2N2/c1-20-16(10-11-4-7-14(18)15(19)9-11)13-6-5-12-3-2-8-21-17(12)13/h2-4,7-9,13,16,20H,5-6,10H2,1H3. The smallest absolute Gasteiger partial charge is 0.159 e. The van der Waals surface area contributed by atoms with E-state index >= 15 is 0 Å². The van der Waals surface area contributed by atoms with E-state index in [0.29, 0.717) is 12.3 Å². The van der Waals surface area contributed by atoms with Gasteiger partial charge in [-0.3, -0.25) is 4.98 Å². The predicted octanol–water partition coefficient (Wildman–Crippen LogP) is 3.22. The van der Waals surface area contributed by atoms with Crippen molar-refractivity contribution in [3.8, 4) is 0 Å². The van der Waals surface area contributed by atoms with E-state index in [0.717, 1.165) is 24.1 Å². The lowest BCUT2D eigenvalue weighted by atomic mass is 9.91. The molecule has 1 heterocycles. The number of likely N-dealkylation sites (N-methyl/N-ethyl adjacent to an activating group) is 1. The van der Waals surface area contributed by atoms with Crippen molar-refractivity contribution in [1.82, 2.24) is 10.3 Å². The summed E-state index contributed by atoms with van der Waals surface area (Å²) < 4.78 is 26.4. The molecule has 0 bridgehead atoms. The third-order valence-corrected chi connectivity index (χ3v) is 4.30. The summed E-state index contributed by atoms with van der Waals surface area (Å²) in [5, 5.41) is 3.31. The second kappa shape index (κ2) is 5.90. The average molecular weight is 288 g/mol. The van der Waals surface area contributed by atoms with Crippen LogP contribution in [0.5, 0.6) is 0 Å². The van der Waals surface area contributed by atoms with Crippen LogP contribution in [-0.4, -0.2) is 18.1 Å². The molecule has 0 radical (unpaired) electrons. The van der Waals surface area contributed by atoms with Crippen molar-refractivity contribution in [1.29, 1.82) is 0 Å². The molecule has 1 aromatic heterocycles. The molecule has 21 heavy (non-hydrogen) atoms. The number of fused-ring (bicyclic) bond motifs is 1. The van der Waals surface area contributed by atoms with E-state index in [1.807, 2.05) is 19.3 Å². The maximum absolute atomic E-state index is 13.3. The highest BCUT2D eigenvalue weighted by Gasteiger charge is 2.30. The molecule has 2 aromatic rings. The number of aromatic nitrogens is 1. The van der Waals surface area contributed by atoms with Gasteiger partial charge in [-0.05, 0) is 55.6 Å². The lowest BCUT2D eigenvalue weighted by Gasteiger charge is -2.23. The fraction of sp³-hybridized carbons (Fsp3) is 0.353. The van der Waals surface area contributed by atoms with Crippen molar-refractivity contribution in [2.45, 2.75) is 31.2 Å². The summed E-state index contributed by atoms with van der Waals surface area (Å²) >= 11 is 0. The highest BCUT2D eigenvalue weighted by atomic mass is 19.2. The van der Waals surface area contributed by atoms with Crippen LogP contribution in [0.3, 0.4) is 0 Å². The molecule has 0 saturated carbocycles.